The first kappa shape index (κ1) is 19.8. The molecule has 0 saturated carbocycles. The minimum absolute atomic E-state index is 0. The van der Waals surface area contributed by atoms with Gasteiger partial charge < -0.3 is 14.8 Å². The molecule has 2 rings (SSSR count). The number of carbonyl (C=O) groups excluding carboxylic acids is 4. The number of rotatable bonds is 3. The van der Waals surface area contributed by atoms with Crippen LogP contribution >= 0.6 is 0 Å². The summed E-state index contributed by atoms with van der Waals surface area (Å²) >= 11 is 0. The summed E-state index contributed by atoms with van der Waals surface area (Å²) in [6, 6.07) is -2.18. The predicted octanol–water partition coefficient (Wildman–Crippen LogP) is -5.94. The van der Waals surface area contributed by atoms with E-state index < -0.39 is 46.6 Å². The van der Waals surface area contributed by atoms with Crippen LogP contribution in [0.1, 0.15) is 6.92 Å². The molecule has 2 heterocycles. The molecule has 0 spiro atoms. The third kappa shape index (κ3) is 3.83. The molecule has 122 valence electrons. The maximum Gasteiger partial charge on any atom is 1.00 e. The fourth-order valence-corrected chi connectivity index (χ4v) is 2.78. The molecule has 2 aliphatic rings. The fourth-order valence-electron chi connectivity index (χ4n) is 2.10. The molecule has 0 radical (unpaired) electrons. The molecular formula is C10H13N4NaO7S. The Labute approximate surface area is 154 Å². The normalized spacial score (nSPS) is 21.7. The molecule has 11 nitrogen and oxygen atoms in total. The van der Waals surface area contributed by atoms with Crippen molar-refractivity contribution in [2.24, 2.45) is 0 Å². The van der Waals surface area contributed by atoms with Crippen LogP contribution in [0.2, 0.25) is 0 Å². The van der Waals surface area contributed by atoms with Crippen molar-refractivity contribution < 1.29 is 61.7 Å². The average Bonchev–Trinajstić information content (AvgIpc) is 2.43. The van der Waals surface area contributed by atoms with E-state index in [1.165, 1.54) is 4.90 Å². The van der Waals surface area contributed by atoms with E-state index in [9.17, 15) is 32.1 Å². The van der Waals surface area contributed by atoms with Crippen LogP contribution in [0, 0.1) is 0 Å². The first-order chi connectivity index (χ1) is 10.2. The summed E-state index contributed by atoms with van der Waals surface area (Å²) in [5.41, 5.74) is 0. The Morgan fingerprint density at radius 2 is 1.87 bits per heavy atom. The van der Waals surface area contributed by atoms with Crippen LogP contribution in [0.5, 0.6) is 0 Å². The van der Waals surface area contributed by atoms with E-state index in [4.69, 9.17) is 0 Å². The zero-order chi connectivity index (χ0) is 16.7. The minimum Gasteiger partial charge on any atom is -0.731 e. The second-order valence-corrected chi connectivity index (χ2v) is 5.97. The molecule has 2 aliphatic heterocycles. The molecule has 5 amide bonds. The Morgan fingerprint density at radius 1 is 1.26 bits per heavy atom. The molecule has 1 unspecified atom stereocenters. The van der Waals surface area contributed by atoms with Gasteiger partial charge in [0.1, 0.15) is 6.04 Å². The summed E-state index contributed by atoms with van der Waals surface area (Å²) in [5.74, 6) is -2.92. The molecule has 0 aromatic carbocycles. The number of hydrogen-bond acceptors (Lipinski definition) is 7. The van der Waals surface area contributed by atoms with Crippen LogP contribution < -0.4 is 34.9 Å². The maximum atomic E-state index is 11.9. The van der Waals surface area contributed by atoms with Gasteiger partial charge in [-0.15, -0.1) is 0 Å². The number of nitrogens with one attached hydrogen (secondary N) is 1. The number of piperazine rings is 1. The average molecular weight is 356 g/mol. The van der Waals surface area contributed by atoms with Gasteiger partial charge in [0.25, 0.3) is 5.91 Å². The van der Waals surface area contributed by atoms with Gasteiger partial charge in [0.05, 0.1) is 6.54 Å². The third-order valence-corrected chi connectivity index (χ3v) is 4.26. The molecular weight excluding hydrogens is 343 g/mol. The van der Waals surface area contributed by atoms with E-state index in [0.29, 0.717) is 11.4 Å². The number of urea groups is 1. The van der Waals surface area contributed by atoms with Gasteiger partial charge in [-0.2, -0.15) is 0 Å². The van der Waals surface area contributed by atoms with Crippen molar-refractivity contribution in [1.82, 2.24) is 19.4 Å². The summed E-state index contributed by atoms with van der Waals surface area (Å²) in [6.07, 6.45) is 0. The minimum atomic E-state index is -4.90. The van der Waals surface area contributed by atoms with Crippen molar-refractivity contribution >= 4 is 34.1 Å². The van der Waals surface area contributed by atoms with Crippen LogP contribution in [-0.2, 0) is 24.7 Å². The summed E-state index contributed by atoms with van der Waals surface area (Å²) < 4.78 is 32.0. The number of hydrogen-bond donors (Lipinski definition) is 1. The smallest absolute Gasteiger partial charge is 0.731 e. The molecule has 0 bridgehead atoms. The SMILES string of the molecule is CCN1CCN(C(=O)NC2CN(S(=O)(=O)[O-])C2=O)C(=O)C1=O.[Na+]. The zero-order valence-electron chi connectivity index (χ0n) is 12.5. The Morgan fingerprint density at radius 3 is 2.35 bits per heavy atom. The molecule has 0 aromatic heterocycles. The van der Waals surface area contributed by atoms with Crippen LogP contribution in [0.4, 0.5) is 4.79 Å². The number of nitrogens with zero attached hydrogens (tertiary/aromatic N) is 3. The molecule has 0 aliphatic carbocycles. The van der Waals surface area contributed by atoms with Crippen molar-refractivity contribution in [3.63, 3.8) is 0 Å². The van der Waals surface area contributed by atoms with Gasteiger partial charge in [-0.3, -0.25) is 19.3 Å². The summed E-state index contributed by atoms with van der Waals surface area (Å²) in [6.45, 7) is 1.67. The van der Waals surface area contributed by atoms with E-state index in [-0.39, 0.29) is 47.0 Å². The fraction of sp³-hybridized carbons (Fsp3) is 0.600. The Kier molecular flexibility index (Phi) is 6.15. The summed E-state index contributed by atoms with van der Waals surface area (Å²) in [5, 5.41) is 2.12. The van der Waals surface area contributed by atoms with E-state index in [2.05, 4.69) is 5.32 Å². The van der Waals surface area contributed by atoms with E-state index >= 15 is 0 Å². The second-order valence-electron chi connectivity index (χ2n) is 4.67. The molecule has 13 heteroatoms. The molecule has 1 atom stereocenters. The number of β-lactam (4-membered cyclic amide) rings is 1. The van der Waals surface area contributed by atoms with Crippen LogP contribution in [0.15, 0.2) is 0 Å². The van der Waals surface area contributed by atoms with Gasteiger partial charge in [0.2, 0.25) is 0 Å². The van der Waals surface area contributed by atoms with Crippen LogP contribution in [-0.4, -0.2) is 83.0 Å². The van der Waals surface area contributed by atoms with Gasteiger partial charge in [-0.25, -0.2) is 17.5 Å². The largest absolute Gasteiger partial charge is 1.00 e. The Bertz CT molecular complexity index is 652. The predicted molar refractivity (Wildman–Crippen MR) is 67.7 cm³/mol. The molecule has 2 fully saturated rings. The standard InChI is InChI=1S/C10H14N4O7S.Na/c1-2-12-3-4-13(9(17)8(12)16)10(18)11-6-5-14(7(6)15)22(19,20)21;/h6H,2-5H2,1H3,(H,11,18)(H,19,20,21);/q;+1/p-1. The summed E-state index contributed by atoms with van der Waals surface area (Å²) in [4.78, 5) is 48.6. The van der Waals surface area contributed by atoms with Crippen molar-refractivity contribution in [3.05, 3.63) is 0 Å². The molecule has 0 aromatic rings. The number of amides is 5. The van der Waals surface area contributed by atoms with Gasteiger partial charge in [-0.1, -0.05) is 0 Å². The third-order valence-electron chi connectivity index (χ3n) is 3.40. The van der Waals surface area contributed by atoms with Crippen molar-refractivity contribution in [1.29, 1.82) is 0 Å². The van der Waals surface area contributed by atoms with E-state index in [1.807, 2.05) is 0 Å². The van der Waals surface area contributed by atoms with Gasteiger partial charge in [0, 0.05) is 19.6 Å². The van der Waals surface area contributed by atoms with E-state index in [1.54, 1.807) is 6.92 Å². The number of likely N-dealkylation sites (N-methyl/N-ethyl adjacent to an activating group) is 1. The van der Waals surface area contributed by atoms with E-state index in [0.717, 1.165) is 0 Å². The number of imide groups is 1. The molecule has 1 N–H and O–H groups in total. The van der Waals surface area contributed by atoms with Gasteiger partial charge >= 0.3 is 47.4 Å². The van der Waals surface area contributed by atoms with Crippen LogP contribution in [0.25, 0.3) is 0 Å². The number of carbonyl (C=O) groups is 4. The maximum absolute atomic E-state index is 11.9. The van der Waals surface area contributed by atoms with Crippen molar-refractivity contribution in [2.45, 2.75) is 13.0 Å². The van der Waals surface area contributed by atoms with Crippen molar-refractivity contribution in [3.8, 4) is 0 Å². The first-order valence-electron chi connectivity index (χ1n) is 6.35. The zero-order valence-corrected chi connectivity index (χ0v) is 15.3. The quantitative estimate of drug-likeness (QED) is 0.229. The first-order valence-corrected chi connectivity index (χ1v) is 7.72. The van der Waals surface area contributed by atoms with Gasteiger partial charge in [-0.05, 0) is 6.92 Å². The topological polar surface area (TPSA) is 147 Å². The molecule has 2 saturated heterocycles. The molecule has 23 heavy (non-hydrogen) atoms. The van der Waals surface area contributed by atoms with Crippen molar-refractivity contribution in [2.75, 3.05) is 26.2 Å². The second kappa shape index (κ2) is 7.13. The Hall–Kier alpha value is -1.21. The Balaban J connectivity index is 0.00000264. The summed E-state index contributed by atoms with van der Waals surface area (Å²) in [7, 11) is -4.90. The van der Waals surface area contributed by atoms with Crippen LogP contribution in [0.3, 0.4) is 0 Å². The van der Waals surface area contributed by atoms with Gasteiger partial charge in [0.15, 0.2) is 10.3 Å². The monoisotopic (exact) mass is 356 g/mol.